The number of piperazine rings is 3. The highest BCUT2D eigenvalue weighted by atomic mass is 32.2. The van der Waals surface area contributed by atoms with Gasteiger partial charge < -0.3 is 33.1 Å². The number of rotatable bonds is 79. The van der Waals surface area contributed by atoms with Gasteiger partial charge in [-0.15, -0.1) is 0 Å². The van der Waals surface area contributed by atoms with Crippen molar-refractivity contribution in [3.63, 3.8) is 0 Å². The van der Waals surface area contributed by atoms with Crippen molar-refractivity contribution < 1.29 is 111 Å². The summed E-state index contributed by atoms with van der Waals surface area (Å²) in [4.78, 5) is 10.7. The molecule has 6 unspecified atom stereocenters. The van der Waals surface area contributed by atoms with Gasteiger partial charge in [0.05, 0.1) is 62.8 Å². The molecule has 0 bridgehead atoms. The first-order chi connectivity index (χ1) is 56.3. The molecule has 3 aliphatic heterocycles. The molecule has 0 aliphatic carbocycles. The Hall–Kier alpha value is -0.843. The van der Waals surface area contributed by atoms with E-state index in [1.54, 1.807) is 29.4 Å². The molecule has 0 radical (unpaired) electrons. The van der Waals surface area contributed by atoms with Crippen molar-refractivity contribution in [2.45, 2.75) is 340 Å². The van der Waals surface area contributed by atoms with Crippen molar-refractivity contribution in [3.05, 3.63) is 0 Å². The van der Waals surface area contributed by atoms with Crippen LogP contribution in [0.3, 0.4) is 0 Å². The molecule has 9 N–H and O–H groups in total. The molecule has 3 heterocycles. The van der Waals surface area contributed by atoms with Crippen LogP contribution in [0.25, 0.3) is 0 Å². The third kappa shape index (κ3) is 62.9. The number of hydrogen-bond donors (Lipinski definition) is 9. The summed E-state index contributed by atoms with van der Waals surface area (Å²) >= 11 is 0. The second-order valence-electron chi connectivity index (χ2n) is 35.3. The van der Waals surface area contributed by atoms with Gasteiger partial charge in [0, 0.05) is 130 Å². The third-order valence-corrected chi connectivity index (χ3v) is 31.5. The molecule has 0 aromatic carbocycles. The summed E-state index contributed by atoms with van der Waals surface area (Å²) < 4.78 is 236. The van der Waals surface area contributed by atoms with Crippen LogP contribution in [0.1, 0.15) is 297 Å². The fourth-order valence-electron chi connectivity index (χ4n) is 17.4. The number of hydrogen-bond acceptors (Lipinski definition) is 24. The largest absolute Gasteiger partial charge is 0.502 e. The first-order valence-corrected chi connectivity index (χ1v) is 57.8. The predicted molar refractivity (Wildman–Crippen MR) is 476 cm³/mol. The number of β-amino-alcohol motifs (C(OH)–C–C–N with tert-alkyl or cyclic N) is 3. The van der Waals surface area contributed by atoms with Gasteiger partial charge in [-0.25, -0.2) is 0 Å². The van der Waals surface area contributed by atoms with E-state index in [0.717, 1.165) is 116 Å². The van der Waals surface area contributed by atoms with Crippen LogP contribution in [-0.4, -0.2) is 351 Å². The second kappa shape index (κ2) is 63.2. The van der Waals surface area contributed by atoms with Crippen LogP contribution in [-0.2, 0) is 74.0 Å². The Morgan fingerprint density at radius 1 is 0.244 bits per heavy atom. The van der Waals surface area contributed by atoms with Gasteiger partial charge in [0.15, 0.2) is 0 Å². The quantitative estimate of drug-likeness (QED) is 0.0118. The number of quaternary nitrogens is 1. The highest BCUT2D eigenvalue weighted by molar-refractivity contribution is 7.87. The van der Waals surface area contributed by atoms with Crippen LogP contribution in [0.15, 0.2) is 0 Å². The second-order valence-corrected chi connectivity index (χ2v) is 46.8. The van der Waals surface area contributed by atoms with Gasteiger partial charge in [0.2, 0.25) is 0 Å². The van der Waals surface area contributed by atoms with E-state index in [-0.39, 0.29) is 130 Å². The van der Waals surface area contributed by atoms with E-state index in [9.17, 15) is 93.1 Å². The lowest BCUT2D eigenvalue weighted by Crippen LogP contribution is -2.61. The molecule has 38 heteroatoms. The Morgan fingerprint density at radius 2 is 0.403 bits per heavy atom. The SMILES string of the molecule is CCCCCCCCCCCCCCCC[N+](CCCCCCCCCCCCCCCC)(CCCCCCCCCCCCCCCC)CCC[Si](OC(CN1CCN(CC(O)CS(=O)(=O)O)CC1)CS(=O)(=O)O)(OC(CN1CCN(CC(O)CS(=O)(=O)O)CC1)CS(=O)(=O)O)OC(CN1CCN(CC(O)CS(=O)(=O)O)CC1)CS(=O)(=O)O. The van der Waals surface area contributed by atoms with Crippen LogP contribution < -0.4 is 0 Å². The highest BCUT2D eigenvalue weighted by Gasteiger charge is 2.51. The third-order valence-electron chi connectivity index (χ3n) is 23.7. The molecule has 3 aliphatic rings. The number of aliphatic hydroxyl groups excluding tert-OH is 3. The van der Waals surface area contributed by atoms with Crippen LogP contribution in [0.4, 0.5) is 0 Å². The van der Waals surface area contributed by atoms with E-state index in [4.69, 9.17) is 13.3 Å². The van der Waals surface area contributed by atoms with E-state index in [2.05, 4.69) is 20.8 Å². The fourth-order valence-corrected chi connectivity index (χ4v) is 24.6. The molecule has 3 saturated heterocycles. The Bertz CT molecular complexity index is 2940. The van der Waals surface area contributed by atoms with Gasteiger partial charge in [0.25, 0.3) is 60.7 Å². The van der Waals surface area contributed by atoms with E-state index < -0.39 is 141 Å². The standard InChI is InChI=1S/C81H167N7O24S6Si/c1-4-7-10-13-16-19-22-25-28-31-34-37-40-43-59-88(60-44-41-38-35-32-29-26-23-20-17-14-11-8-5-2,61-45-42-39-36-33-30-27-24-21-18-15-12-9-6-3)62-46-63-119(110-79(73-116(101,102)103)67-85-53-47-82(48-54-85)64-76(89)70-113(92,93)94,111-80(74-117(104,105)106)68-86-55-49-83(50-56-86)65-77(90)71-114(95,96)97)112-81(75-118(107,108)109)69-87-57-51-84(52-58-87)66-78(91)72-115(98,99)100/h76-81,89-91H,4-75H2,1-3H3,(H5-,92,93,94,95,96,97,98,99,100,101,102,103,104,105,106,107,108,109)/p+1. The molecule has 0 aromatic rings. The first kappa shape index (κ1) is 112. The number of unbranched alkanes of at least 4 members (excludes halogenated alkanes) is 39. The van der Waals surface area contributed by atoms with Crippen LogP contribution in [0.5, 0.6) is 0 Å². The Labute approximate surface area is 723 Å². The predicted octanol–water partition coefficient (Wildman–Crippen LogP) is 11.0. The Kier molecular flexibility index (Phi) is 59.7. The molecular formula is C81H168N7O24S6Si+. The van der Waals surface area contributed by atoms with E-state index in [1.807, 2.05) is 0 Å². The molecule has 710 valence electrons. The highest BCUT2D eigenvalue weighted by Crippen LogP contribution is 2.31. The zero-order valence-corrected chi connectivity index (χ0v) is 79.5. The molecule has 0 saturated carbocycles. The zero-order chi connectivity index (χ0) is 88.0. The maximum Gasteiger partial charge on any atom is 0.502 e. The fraction of sp³-hybridized carbons (Fsp3) is 1.00. The Balaban J connectivity index is 2.30. The minimum absolute atomic E-state index is 0.144. The molecule has 3 fully saturated rings. The summed E-state index contributed by atoms with van der Waals surface area (Å²) in [6.07, 6.45) is 40.9. The molecule has 6 atom stereocenters. The normalized spacial score (nSPS) is 18.4. The van der Waals surface area contributed by atoms with Crippen molar-refractivity contribution in [1.82, 2.24) is 29.4 Å². The van der Waals surface area contributed by atoms with Gasteiger partial charge in [0.1, 0.15) is 34.5 Å². The van der Waals surface area contributed by atoms with E-state index >= 15 is 0 Å². The summed E-state index contributed by atoms with van der Waals surface area (Å²) in [6, 6.07) is -0.215. The lowest BCUT2D eigenvalue weighted by Gasteiger charge is -2.44. The maximum absolute atomic E-state index is 13.6. The van der Waals surface area contributed by atoms with Crippen molar-refractivity contribution >= 4 is 69.5 Å². The molecular weight excluding hydrogens is 1680 g/mol. The summed E-state index contributed by atoms with van der Waals surface area (Å²) in [5, 5.41) is 31.9. The monoisotopic (exact) mass is 1840 g/mol. The lowest BCUT2D eigenvalue weighted by molar-refractivity contribution is -0.929. The van der Waals surface area contributed by atoms with Crippen LogP contribution in [0.2, 0.25) is 6.04 Å². The summed E-state index contributed by atoms with van der Waals surface area (Å²) in [5.41, 5.74) is 0. The molecule has 31 nitrogen and oxygen atoms in total. The number of aliphatic hydroxyl groups is 3. The summed E-state index contributed by atoms with van der Waals surface area (Å²) in [7, 11) is -33.8. The average molecular weight is 1840 g/mol. The van der Waals surface area contributed by atoms with Crippen molar-refractivity contribution in [2.24, 2.45) is 0 Å². The van der Waals surface area contributed by atoms with Gasteiger partial charge in [-0.1, -0.05) is 252 Å². The molecule has 0 aromatic heterocycles. The van der Waals surface area contributed by atoms with Crippen molar-refractivity contribution in [1.29, 1.82) is 0 Å². The van der Waals surface area contributed by atoms with Crippen molar-refractivity contribution in [3.8, 4) is 0 Å². The Morgan fingerprint density at radius 3 is 0.580 bits per heavy atom. The van der Waals surface area contributed by atoms with E-state index in [0.29, 0.717) is 11.0 Å². The summed E-state index contributed by atoms with van der Waals surface area (Å²) in [5.74, 6) is -6.04. The van der Waals surface area contributed by atoms with Gasteiger partial charge in [-0.2, -0.15) is 50.5 Å². The first-order valence-electron chi connectivity index (χ1n) is 46.3. The molecule has 0 amide bonds. The van der Waals surface area contributed by atoms with E-state index in [1.165, 1.54) is 173 Å². The zero-order valence-electron chi connectivity index (χ0n) is 73.6. The van der Waals surface area contributed by atoms with Gasteiger partial charge in [-0.05, 0) is 38.5 Å². The minimum atomic E-state index is -5.12. The average Bonchev–Trinajstić information content (AvgIpc) is 0.798. The van der Waals surface area contributed by atoms with Gasteiger partial charge >= 0.3 is 8.80 Å². The van der Waals surface area contributed by atoms with Crippen molar-refractivity contribution in [2.75, 3.05) is 179 Å². The van der Waals surface area contributed by atoms with Crippen LogP contribution in [0, 0.1) is 0 Å². The topological polar surface area (TPSA) is 434 Å². The molecule has 3 rings (SSSR count). The maximum atomic E-state index is 13.6. The molecule has 0 spiro atoms. The smallest absolute Gasteiger partial charge is 0.391 e. The summed E-state index contributed by atoms with van der Waals surface area (Å²) in [6.45, 7) is 10.5. The lowest BCUT2D eigenvalue weighted by atomic mass is 10.0. The van der Waals surface area contributed by atoms with Gasteiger partial charge in [-0.3, -0.25) is 56.7 Å². The molecule has 119 heavy (non-hydrogen) atoms. The van der Waals surface area contributed by atoms with Crippen LogP contribution >= 0.6 is 0 Å². The minimum Gasteiger partial charge on any atom is -0.391 e. The number of nitrogens with zero attached hydrogens (tertiary/aromatic N) is 7.